The summed E-state index contributed by atoms with van der Waals surface area (Å²) in [5.41, 5.74) is 0.780. The number of para-hydroxylation sites is 1. The number of nitrogens with zero attached hydrogens (tertiary/aromatic N) is 1. The fraction of sp³-hybridized carbons (Fsp3) is 0.300. The Bertz CT molecular complexity index is 819. The zero-order chi connectivity index (χ0) is 20.0. The van der Waals surface area contributed by atoms with Crippen LogP contribution in [0.3, 0.4) is 0 Å². The molecule has 2 aromatic carbocycles. The summed E-state index contributed by atoms with van der Waals surface area (Å²) in [4.78, 5) is 24.9. The van der Waals surface area contributed by atoms with E-state index in [0.29, 0.717) is 0 Å². The van der Waals surface area contributed by atoms with Crippen molar-refractivity contribution in [2.24, 2.45) is 0 Å². The minimum Gasteiger partial charge on any atom is -0.354 e. The molecule has 0 saturated heterocycles. The van der Waals surface area contributed by atoms with E-state index in [1.807, 2.05) is 31.2 Å². The minimum absolute atomic E-state index is 0.0520. The van der Waals surface area contributed by atoms with Crippen molar-refractivity contribution >= 4 is 17.5 Å². The second kappa shape index (κ2) is 8.70. The van der Waals surface area contributed by atoms with Crippen molar-refractivity contribution in [2.75, 3.05) is 18.0 Å². The molecule has 0 aliphatic rings. The highest BCUT2D eigenvalue weighted by Gasteiger charge is 2.35. The molecule has 1 N–H and O–H groups in total. The first-order chi connectivity index (χ1) is 12.7. The van der Waals surface area contributed by atoms with Crippen molar-refractivity contribution in [3.05, 3.63) is 65.2 Å². The van der Waals surface area contributed by atoms with Gasteiger partial charge in [-0.05, 0) is 24.6 Å². The molecule has 0 bridgehead atoms. The first kappa shape index (κ1) is 20.5. The predicted molar refractivity (Wildman–Crippen MR) is 97.4 cm³/mol. The molecule has 0 heterocycles. The number of aryl methyl sites for hydroxylation is 1. The third-order valence-electron chi connectivity index (χ3n) is 3.99. The Morgan fingerprint density at radius 2 is 1.78 bits per heavy atom. The van der Waals surface area contributed by atoms with Gasteiger partial charge in [-0.1, -0.05) is 42.0 Å². The highest BCUT2D eigenvalue weighted by Crippen LogP contribution is 2.36. The van der Waals surface area contributed by atoms with Gasteiger partial charge in [-0.3, -0.25) is 9.59 Å². The molecule has 0 aromatic heterocycles. The van der Waals surface area contributed by atoms with E-state index < -0.39 is 17.6 Å². The number of amides is 2. The molecule has 2 amide bonds. The molecule has 2 aromatic rings. The Balaban J connectivity index is 2.02. The van der Waals surface area contributed by atoms with Gasteiger partial charge in [-0.2, -0.15) is 13.2 Å². The summed E-state index contributed by atoms with van der Waals surface area (Å²) in [5.74, 6) is -0.784. The number of nitrogens with one attached hydrogen (secondary N) is 1. The zero-order valence-electron chi connectivity index (χ0n) is 15.1. The third-order valence-corrected chi connectivity index (χ3v) is 3.99. The van der Waals surface area contributed by atoms with Crippen molar-refractivity contribution < 1.29 is 22.8 Å². The molecule has 4 nitrogen and oxygen atoms in total. The Morgan fingerprint density at radius 3 is 2.41 bits per heavy atom. The van der Waals surface area contributed by atoms with E-state index in [1.54, 1.807) is 0 Å². The van der Waals surface area contributed by atoms with E-state index in [-0.39, 0.29) is 31.1 Å². The van der Waals surface area contributed by atoms with Gasteiger partial charge in [0.2, 0.25) is 11.8 Å². The van der Waals surface area contributed by atoms with Crippen LogP contribution in [0.15, 0.2) is 48.5 Å². The number of carbonyl (C=O) groups excluding carboxylic acids is 2. The van der Waals surface area contributed by atoms with Gasteiger partial charge in [-0.15, -0.1) is 0 Å². The van der Waals surface area contributed by atoms with Crippen LogP contribution in [-0.2, 0) is 22.2 Å². The van der Waals surface area contributed by atoms with Crippen LogP contribution >= 0.6 is 0 Å². The van der Waals surface area contributed by atoms with E-state index in [1.165, 1.54) is 25.1 Å². The van der Waals surface area contributed by atoms with Crippen LogP contribution in [0, 0.1) is 6.92 Å². The monoisotopic (exact) mass is 378 g/mol. The molecule has 144 valence electrons. The summed E-state index contributed by atoms with van der Waals surface area (Å²) < 4.78 is 39.6. The Kier molecular flexibility index (Phi) is 6.60. The van der Waals surface area contributed by atoms with Crippen LogP contribution in [0.1, 0.15) is 23.6 Å². The first-order valence-electron chi connectivity index (χ1n) is 8.45. The summed E-state index contributed by atoms with van der Waals surface area (Å²) in [6, 6.07) is 12.4. The Hall–Kier alpha value is -2.83. The number of rotatable bonds is 6. The number of benzene rings is 2. The lowest BCUT2D eigenvalue weighted by atomic mass is 10.1. The van der Waals surface area contributed by atoms with Gasteiger partial charge in [0.25, 0.3) is 0 Å². The van der Waals surface area contributed by atoms with Gasteiger partial charge >= 0.3 is 6.18 Å². The van der Waals surface area contributed by atoms with Gasteiger partial charge in [0, 0.05) is 20.0 Å². The van der Waals surface area contributed by atoms with Crippen LogP contribution in [0.2, 0.25) is 0 Å². The molecule has 0 unspecified atom stereocenters. The lowest BCUT2D eigenvalue weighted by molar-refractivity contribution is -0.137. The lowest BCUT2D eigenvalue weighted by Crippen LogP contribution is -2.39. The smallest absolute Gasteiger partial charge is 0.354 e. The average Bonchev–Trinajstić information content (AvgIpc) is 2.57. The molecule has 0 saturated carbocycles. The number of carbonyl (C=O) groups is 2. The summed E-state index contributed by atoms with van der Waals surface area (Å²) in [6.07, 6.45) is -4.40. The normalized spacial score (nSPS) is 11.1. The van der Waals surface area contributed by atoms with E-state index in [2.05, 4.69) is 5.32 Å². The maximum Gasteiger partial charge on any atom is 0.418 e. The van der Waals surface area contributed by atoms with Crippen LogP contribution in [0.25, 0.3) is 0 Å². The van der Waals surface area contributed by atoms with Crippen molar-refractivity contribution in [3.8, 4) is 0 Å². The largest absolute Gasteiger partial charge is 0.418 e. The maximum absolute atomic E-state index is 13.2. The number of anilines is 1. The minimum atomic E-state index is -4.57. The number of halogens is 3. The summed E-state index contributed by atoms with van der Waals surface area (Å²) in [6.45, 7) is 3.12. The quantitative estimate of drug-likeness (QED) is 0.833. The standard InChI is InChI=1S/C20H21F3N2O2/c1-14-6-5-7-16(12-14)13-19(27)24-10-11-25(15(2)26)18-9-4-3-8-17(18)20(21,22)23/h3-9,12H,10-11,13H2,1-2H3,(H,24,27). The molecular formula is C20H21F3N2O2. The summed E-state index contributed by atoms with van der Waals surface area (Å²) in [7, 11) is 0. The van der Waals surface area contributed by atoms with Gasteiger partial charge in [0.1, 0.15) is 0 Å². The van der Waals surface area contributed by atoms with Crippen LogP contribution in [0.5, 0.6) is 0 Å². The molecule has 27 heavy (non-hydrogen) atoms. The Morgan fingerprint density at radius 1 is 1.07 bits per heavy atom. The first-order valence-corrected chi connectivity index (χ1v) is 8.45. The molecule has 2 rings (SSSR count). The van der Waals surface area contributed by atoms with E-state index in [9.17, 15) is 22.8 Å². The highest BCUT2D eigenvalue weighted by molar-refractivity contribution is 5.92. The number of alkyl halides is 3. The molecule has 0 aliphatic heterocycles. The van der Waals surface area contributed by atoms with Gasteiger partial charge in [0.15, 0.2) is 0 Å². The zero-order valence-corrected chi connectivity index (χ0v) is 15.1. The van der Waals surface area contributed by atoms with Crippen molar-refractivity contribution in [1.82, 2.24) is 5.32 Å². The van der Waals surface area contributed by atoms with Crippen LogP contribution in [-0.4, -0.2) is 24.9 Å². The summed E-state index contributed by atoms with van der Waals surface area (Å²) >= 11 is 0. The van der Waals surface area contributed by atoms with Gasteiger partial charge in [-0.25, -0.2) is 0 Å². The van der Waals surface area contributed by atoms with Gasteiger partial charge in [0.05, 0.1) is 17.7 Å². The summed E-state index contributed by atoms with van der Waals surface area (Å²) in [5, 5.41) is 2.65. The second-order valence-corrected chi connectivity index (χ2v) is 6.20. The SMILES string of the molecule is CC(=O)N(CCNC(=O)Cc1cccc(C)c1)c1ccccc1C(F)(F)F. The van der Waals surface area contributed by atoms with Crippen molar-refractivity contribution in [2.45, 2.75) is 26.4 Å². The van der Waals surface area contributed by atoms with Crippen molar-refractivity contribution in [1.29, 1.82) is 0 Å². The molecule has 7 heteroatoms. The third kappa shape index (κ3) is 5.84. The van der Waals surface area contributed by atoms with E-state index >= 15 is 0 Å². The topological polar surface area (TPSA) is 49.4 Å². The van der Waals surface area contributed by atoms with Crippen LogP contribution < -0.4 is 10.2 Å². The predicted octanol–water partition coefficient (Wildman–Crippen LogP) is 3.73. The molecule has 0 aliphatic carbocycles. The molecule has 0 spiro atoms. The molecule has 0 radical (unpaired) electrons. The average molecular weight is 378 g/mol. The maximum atomic E-state index is 13.2. The lowest BCUT2D eigenvalue weighted by Gasteiger charge is -2.25. The van der Waals surface area contributed by atoms with Crippen molar-refractivity contribution in [3.63, 3.8) is 0 Å². The fourth-order valence-electron chi connectivity index (χ4n) is 2.77. The molecule has 0 atom stereocenters. The van der Waals surface area contributed by atoms with Gasteiger partial charge < -0.3 is 10.2 Å². The molecule has 0 fully saturated rings. The number of hydrogen-bond acceptors (Lipinski definition) is 2. The Labute approximate surface area is 156 Å². The fourth-order valence-corrected chi connectivity index (χ4v) is 2.77. The van der Waals surface area contributed by atoms with E-state index in [4.69, 9.17) is 0 Å². The second-order valence-electron chi connectivity index (χ2n) is 6.20. The molecular weight excluding hydrogens is 357 g/mol. The van der Waals surface area contributed by atoms with Crippen LogP contribution in [0.4, 0.5) is 18.9 Å². The number of hydrogen-bond donors (Lipinski definition) is 1. The van der Waals surface area contributed by atoms with E-state index in [0.717, 1.165) is 22.1 Å². The highest BCUT2D eigenvalue weighted by atomic mass is 19.4.